The molecule has 0 aromatic carbocycles. The Hall–Kier alpha value is -0.340. The molecular formula is C24H44N2+2. The summed E-state index contributed by atoms with van der Waals surface area (Å²) in [6, 6.07) is 2.01. The predicted molar refractivity (Wildman–Crippen MR) is 110 cm³/mol. The average Bonchev–Trinajstić information content (AvgIpc) is 2.74. The topological polar surface area (TPSA) is 8.88 Å². The number of hydrogen-bond donors (Lipinski definition) is 2. The molecule has 2 heteroatoms. The maximum absolute atomic E-state index is 2.65. The maximum Gasteiger partial charge on any atom is 0.0875 e. The van der Waals surface area contributed by atoms with Crippen LogP contribution in [0.4, 0.5) is 0 Å². The monoisotopic (exact) mass is 360 g/mol. The molecule has 2 heterocycles. The number of hydrogen-bond acceptors (Lipinski definition) is 0. The van der Waals surface area contributed by atoms with E-state index < -0.39 is 0 Å². The fraction of sp³-hybridized carbons (Fsp3) is 0.917. The van der Waals surface area contributed by atoms with Crippen LogP contribution >= 0.6 is 0 Å². The van der Waals surface area contributed by atoms with Gasteiger partial charge in [0.15, 0.2) is 0 Å². The molecule has 0 atom stereocenters. The highest BCUT2D eigenvalue weighted by atomic mass is 15.2. The van der Waals surface area contributed by atoms with Gasteiger partial charge in [0.25, 0.3) is 0 Å². The van der Waals surface area contributed by atoms with E-state index in [-0.39, 0.29) is 0 Å². The van der Waals surface area contributed by atoms with Crippen LogP contribution in [0, 0.1) is 11.8 Å². The molecule has 0 unspecified atom stereocenters. The van der Waals surface area contributed by atoms with Crippen molar-refractivity contribution in [3.05, 3.63) is 12.2 Å². The summed E-state index contributed by atoms with van der Waals surface area (Å²) in [5.41, 5.74) is 0. The van der Waals surface area contributed by atoms with Gasteiger partial charge in [0.05, 0.1) is 38.3 Å². The van der Waals surface area contributed by atoms with Crippen LogP contribution in [0.1, 0.15) is 89.9 Å². The zero-order chi connectivity index (χ0) is 17.6. The molecule has 148 valence electrons. The van der Waals surface area contributed by atoms with Crippen LogP contribution in [-0.2, 0) is 0 Å². The first kappa shape index (κ1) is 19.0. The largest absolute Gasteiger partial charge is 0.333 e. The quantitative estimate of drug-likeness (QED) is 0.714. The molecular weight excluding hydrogens is 316 g/mol. The molecule has 4 fully saturated rings. The third-order valence-corrected chi connectivity index (χ3v) is 8.35. The van der Waals surface area contributed by atoms with Crippen LogP contribution in [-0.4, -0.2) is 38.3 Å². The Bertz CT molecular complexity index is 377. The molecule has 2 N–H and O–H groups in total. The Kier molecular flexibility index (Phi) is 7.11. The van der Waals surface area contributed by atoms with Crippen LogP contribution in [0.25, 0.3) is 0 Å². The third-order valence-electron chi connectivity index (χ3n) is 8.35. The summed E-state index contributed by atoms with van der Waals surface area (Å²) in [7, 11) is 0. The lowest BCUT2D eigenvalue weighted by Crippen LogP contribution is -3.16. The molecule has 2 aliphatic carbocycles. The zero-order valence-corrected chi connectivity index (χ0v) is 17.2. The smallest absolute Gasteiger partial charge is 0.0875 e. The fourth-order valence-electron chi connectivity index (χ4n) is 6.58. The lowest BCUT2D eigenvalue weighted by atomic mass is 9.81. The molecule has 2 saturated heterocycles. The van der Waals surface area contributed by atoms with E-state index in [9.17, 15) is 0 Å². The minimum atomic E-state index is 0.904. The van der Waals surface area contributed by atoms with Gasteiger partial charge in [-0.15, -0.1) is 0 Å². The molecule has 0 radical (unpaired) electrons. The number of rotatable bonds is 4. The summed E-state index contributed by atoms with van der Waals surface area (Å²) in [6.07, 6.45) is 26.1. The number of allylic oxidation sites excluding steroid dienone is 2. The SMILES string of the molecule is C(=CC1CCC([NH+]2CCCCC2)CC1)C1CCC([NH+]2CCCCC2)CC1. The Morgan fingerprint density at radius 2 is 0.769 bits per heavy atom. The van der Waals surface area contributed by atoms with E-state index in [1.165, 1.54) is 116 Å². The first-order chi connectivity index (χ1) is 12.9. The van der Waals surface area contributed by atoms with Gasteiger partial charge in [-0.1, -0.05) is 12.2 Å². The summed E-state index contributed by atoms with van der Waals surface area (Å²) in [5, 5.41) is 0. The van der Waals surface area contributed by atoms with Crippen LogP contribution in [0.15, 0.2) is 12.2 Å². The van der Waals surface area contributed by atoms with Crippen LogP contribution in [0.2, 0.25) is 0 Å². The zero-order valence-electron chi connectivity index (χ0n) is 17.2. The van der Waals surface area contributed by atoms with Crippen molar-refractivity contribution in [1.29, 1.82) is 0 Å². The summed E-state index contributed by atoms with van der Waals surface area (Å²) < 4.78 is 0. The lowest BCUT2D eigenvalue weighted by molar-refractivity contribution is -0.931. The molecule has 2 nitrogen and oxygen atoms in total. The van der Waals surface area contributed by atoms with Gasteiger partial charge in [0.1, 0.15) is 0 Å². The fourth-order valence-corrected chi connectivity index (χ4v) is 6.58. The van der Waals surface area contributed by atoms with Crippen molar-refractivity contribution in [2.24, 2.45) is 11.8 Å². The first-order valence-electron chi connectivity index (χ1n) is 12.3. The van der Waals surface area contributed by atoms with Gasteiger partial charge in [-0.2, -0.15) is 0 Å². The predicted octanol–water partition coefficient (Wildman–Crippen LogP) is 2.80. The van der Waals surface area contributed by atoms with E-state index in [0.29, 0.717) is 0 Å². The molecule has 2 saturated carbocycles. The van der Waals surface area contributed by atoms with Crippen molar-refractivity contribution in [2.75, 3.05) is 26.2 Å². The Balaban J connectivity index is 1.15. The number of nitrogens with one attached hydrogen (secondary N) is 2. The number of quaternary nitrogens is 2. The molecule has 0 amide bonds. The third kappa shape index (κ3) is 5.13. The summed E-state index contributed by atoms with van der Waals surface area (Å²) in [4.78, 5) is 3.91. The maximum atomic E-state index is 2.65. The second-order valence-electron chi connectivity index (χ2n) is 10.0. The second-order valence-corrected chi connectivity index (χ2v) is 10.0. The second kappa shape index (κ2) is 9.73. The van der Waals surface area contributed by atoms with Crippen molar-refractivity contribution in [1.82, 2.24) is 0 Å². The lowest BCUT2D eigenvalue weighted by Gasteiger charge is -2.36. The summed E-state index contributed by atoms with van der Waals surface area (Å²) >= 11 is 0. The molecule has 0 spiro atoms. The van der Waals surface area contributed by atoms with E-state index >= 15 is 0 Å². The molecule has 26 heavy (non-hydrogen) atoms. The average molecular weight is 361 g/mol. The van der Waals surface area contributed by atoms with Gasteiger partial charge >= 0.3 is 0 Å². The minimum absolute atomic E-state index is 0.904. The van der Waals surface area contributed by atoms with Crippen molar-refractivity contribution >= 4 is 0 Å². The Morgan fingerprint density at radius 3 is 1.12 bits per heavy atom. The van der Waals surface area contributed by atoms with Crippen molar-refractivity contribution in [2.45, 2.75) is 102 Å². The van der Waals surface area contributed by atoms with Gasteiger partial charge in [-0.05, 0) is 102 Å². The number of likely N-dealkylation sites (tertiary alicyclic amines) is 2. The normalized spacial score (nSPS) is 38.6. The highest BCUT2D eigenvalue weighted by Crippen LogP contribution is 2.28. The van der Waals surface area contributed by atoms with Gasteiger partial charge in [-0.3, -0.25) is 0 Å². The molecule has 2 aliphatic heterocycles. The minimum Gasteiger partial charge on any atom is -0.333 e. The van der Waals surface area contributed by atoms with Crippen molar-refractivity contribution in [3.8, 4) is 0 Å². The first-order valence-corrected chi connectivity index (χ1v) is 12.3. The van der Waals surface area contributed by atoms with E-state index in [0.717, 1.165) is 23.9 Å². The Morgan fingerprint density at radius 1 is 0.423 bits per heavy atom. The van der Waals surface area contributed by atoms with Gasteiger partial charge in [0.2, 0.25) is 0 Å². The molecule has 0 aromatic rings. The highest BCUT2D eigenvalue weighted by Gasteiger charge is 2.30. The van der Waals surface area contributed by atoms with Crippen LogP contribution in [0.5, 0.6) is 0 Å². The highest BCUT2D eigenvalue weighted by molar-refractivity contribution is 4.96. The van der Waals surface area contributed by atoms with Gasteiger partial charge in [-0.25, -0.2) is 0 Å². The molecule has 0 bridgehead atoms. The van der Waals surface area contributed by atoms with Crippen LogP contribution < -0.4 is 9.80 Å². The summed E-state index contributed by atoms with van der Waals surface area (Å²) in [6.45, 7) is 5.86. The summed E-state index contributed by atoms with van der Waals surface area (Å²) in [5.74, 6) is 1.81. The van der Waals surface area contributed by atoms with E-state index in [4.69, 9.17) is 0 Å². The molecule has 4 rings (SSSR count). The van der Waals surface area contributed by atoms with E-state index in [1.54, 1.807) is 0 Å². The molecule has 0 aromatic heterocycles. The van der Waals surface area contributed by atoms with Crippen molar-refractivity contribution < 1.29 is 9.80 Å². The van der Waals surface area contributed by atoms with Crippen molar-refractivity contribution in [3.63, 3.8) is 0 Å². The van der Waals surface area contributed by atoms with Crippen LogP contribution in [0.3, 0.4) is 0 Å². The Labute approximate surface area is 162 Å². The van der Waals surface area contributed by atoms with Gasteiger partial charge in [0, 0.05) is 0 Å². The van der Waals surface area contributed by atoms with E-state index in [1.807, 2.05) is 9.80 Å². The van der Waals surface area contributed by atoms with E-state index in [2.05, 4.69) is 12.2 Å². The standard InChI is InChI=1S/C24H42N2/c1-3-17-25(18-4-1)23-13-9-21(10-14-23)7-8-22-11-15-24(16-12-22)26-19-5-2-6-20-26/h7-8,21-24H,1-6,9-20H2/p+2. The number of piperidine rings is 2. The molecule has 4 aliphatic rings. The van der Waals surface area contributed by atoms with Gasteiger partial charge < -0.3 is 9.80 Å².